The van der Waals surface area contributed by atoms with E-state index in [2.05, 4.69) is 0 Å². The van der Waals surface area contributed by atoms with Crippen LogP contribution in [0.3, 0.4) is 0 Å². The molecule has 0 aromatic heterocycles. The molecular formula is C8H12O3. The summed E-state index contributed by atoms with van der Waals surface area (Å²) in [6.07, 6.45) is 1.91. The second-order valence-electron chi connectivity index (χ2n) is 3.15. The van der Waals surface area contributed by atoms with Gasteiger partial charge in [0.25, 0.3) is 0 Å². The lowest BCUT2D eigenvalue weighted by atomic mass is 10.2. The predicted octanol–water partition coefficient (Wildman–Crippen LogP) is 0.728. The molecule has 2 unspecified atom stereocenters. The molecule has 1 aliphatic carbocycles. The summed E-state index contributed by atoms with van der Waals surface area (Å²) in [4.78, 5) is 11.3. The molecule has 0 bridgehead atoms. The summed E-state index contributed by atoms with van der Waals surface area (Å²) in [6, 6.07) is 0. The van der Waals surface area contributed by atoms with Crippen LogP contribution in [0.4, 0.5) is 0 Å². The number of carbonyl (C=O) groups is 1. The van der Waals surface area contributed by atoms with E-state index in [1.54, 1.807) is 0 Å². The van der Waals surface area contributed by atoms with Crippen molar-refractivity contribution in [2.24, 2.45) is 5.92 Å². The summed E-state index contributed by atoms with van der Waals surface area (Å²) in [6.45, 7) is 3.00. The maximum Gasteiger partial charge on any atom is 0.338 e. The number of fused-ring (bicyclic) bond motifs is 1. The Kier molecular flexibility index (Phi) is 1.42. The minimum absolute atomic E-state index is 0.150. The Morgan fingerprint density at radius 2 is 2.64 bits per heavy atom. The first-order chi connectivity index (χ1) is 5.29. The highest BCUT2D eigenvalue weighted by Gasteiger charge is 2.65. The Balaban J connectivity index is 1.99. The van der Waals surface area contributed by atoms with E-state index in [1.807, 2.05) is 6.92 Å². The first-order valence-corrected chi connectivity index (χ1v) is 4.11. The summed E-state index contributed by atoms with van der Waals surface area (Å²) in [5.74, 6) is 0.309. The molecule has 0 N–H and O–H groups in total. The van der Waals surface area contributed by atoms with Gasteiger partial charge in [0, 0.05) is 12.5 Å². The van der Waals surface area contributed by atoms with Gasteiger partial charge in [-0.1, -0.05) is 0 Å². The van der Waals surface area contributed by atoms with E-state index >= 15 is 0 Å². The quantitative estimate of drug-likeness (QED) is 0.553. The molecule has 11 heavy (non-hydrogen) atoms. The highest BCUT2D eigenvalue weighted by atomic mass is 16.6. The van der Waals surface area contributed by atoms with Gasteiger partial charge >= 0.3 is 5.97 Å². The third-order valence-electron chi connectivity index (χ3n) is 2.50. The van der Waals surface area contributed by atoms with Gasteiger partial charge in [-0.25, -0.2) is 4.79 Å². The molecule has 2 aliphatic rings. The van der Waals surface area contributed by atoms with Crippen molar-refractivity contribution in [1.29, 1.82) is 0 Å². The van der Waals surface area contributed by atoms with Crippen molar-refractivity contribution in [2.75, 3.05) is 13.2 Å². The average Bonchev–Trinajstić information content (AvgIpc) is 2.57. The highest BCUT2D eigenvalue weighted by Crippen LogP contribution is 2.54. The van der Waals surface area contributed by atoms with Crippen LogP contribution in [0.15, 0.2) is 0 Å². The van der Waals surface area contributed by atoms with E-state index in [1.165, 1.54) is 0 Å². The molecule has 1 saturated heterocycles. The minimum atomic E-state index is -0.490. The van der Waals surface area contributed by atoms with Crippen LogP contribution in [0.25, 0.3) is 0 Å². The van der Waals surface area contributed by atoms with E-state index in [4.69, 9.17) is 9.47 Å². The third kappa shape index (κ3) is 0.872. The molecule has 2 rings (SSSR count). The molecule has 62 valence electrons. The van der Waals surface area contributed by atoms with Gasteiger partial charge in [-0.05, 0) is 19.8 Å². The van der Waals surface area contributed by atoms with Crippen molar-refractivity contribution < 1.29 is 14.3 Å². The van der Waals surface area contributed by atoms with Gasteiger partial charge < -0.3 is 9.47 Å². The predicted molar refractivity (Wildman–Crippen MR) is 38.0 cm³/mol. The molecule has 0 aromatic rings. The molecule has 0 radical (unpaired) electrons. The monoisotopic (exact) mass is 156 g/mol. The van der Waals surface area contributed by atoms with Crippen LogP contribution in [0.5, 0.6) is 0 Å². The first kappa shape index (κ1) is 7.10. The zero-order chi connectivity index (χ0) is 7.90. The van der Waals surface area contributed by atoms with Crippen molar-refractivity contribution in [2.45, 2.75) is 25.4 Å². The summed E-state index contributed by atoms with van der Waals surface area (Å²) in [5.41, 5.74) is -0.490. The van der Waals surface area contributed by atoms with Crippen LogP contribution in [-0.4, -0.2) is 24.8 Å². The van der Waals surface area contributed by atoms with Crippen LogP contribution in [-0.2, 0) is 14.3 Å². The van der Waals surface area contributed by atoms with Crippen molar-refractivity contribution in [3.05, 3.63) is 0 Å². The van der Waals surface area contributed by atoms with Crippen molar-refractivity contribution in [3.63, 3.8) is 0 Å². The van der Waals surface area contributed by atoms with Gasteiger partial charge in [0.15, 0.2) is 5.60 Å². The molecule has 0 spiro atoms. The SMILES string of the molecule is CCOC(=O)C12CC1CCO2. The van der Waals surface area contributed by atoms with Crippen molar-refractivity contribution >= 4 is 5.97 Å². The lowest BCUT2D eigenvalue weighted by Crippen LogP contribution is -2.27. The molecule has 1 aliphatic heterocycles. The minimum Gasteiger partial charge on any atom is -0.464 e. The molecule has 2 fully saturated rings. The maximum atomic E-state index is 11.3. The third-order valence-corrected chi connectivity index (χ3v) is 2.50. The number of ether oxygens (including phenoxy) is 2. The average molecular weight is 156 g/mol. The summed E-state index contributed by atoms with van der Waals surface area (Å²) >= 11 is 0. The van der Waals surface area contributed by atoms with Crippen LogP contribution in [0, 0.1) is 5.92 Å². The Bertz CT molecular complexity index is 190. The molecular weight excluding hydrogens is 144 g/mol. The number of esters is 1. The molecule has 3 nitrogen and oxygen atoms in total. The fourth-order valence-corrected chi connectivity index (χ4v) is 1.76. The Labute approximate surface area is 65.7 Å². The fraction of sp³-hybridized carbons (Fsp3) is 0.875. The number of hydrogen-bond acceptors (Lipinski definition) is 3. The van der Waals surface area contributed by atoms with E-state index in [9.17, 15) is 4.79 Å². The van der Waals surface area contributed by atoms with E-state index < -0.39 is 5.60 Å². The number of carbonyl (C=O) groups excluding carboxylic acids is 1. The van der Waals surface area contributed by atoms with Crippen LogP contribution >= 0.6 is 0 Å². The van der Waals surface area contributed by atoms with Gasteiger partial charge in [-0.2, -0.15) is 0 Å². The molecule has 0 amide bonds. The molecule has 1 heterocycles. The van der Waals surface area contributed by atoms with Gasteiger partial charge in [-0.3, -0.25) is 0 Å². The number of rotatable bonds is 2. The van der Waals surface area contributed by atoms with Gasteiger partial charge in [0.1, 0.15) is 0 Å². The van der Waals surface area contributed by atoms with E-state index in [0.29, 0.717) is 12.5 Å². The number of hydrogen-bond donors (Lipinski definition) is 0. The van der Waals surface area contributed by atoms with Gasteiger partial charge in [0.2, 0.25) is 0 Å². The Morgan fingerprint density at radius 3 is 3.09 bits per heavy atom. The van der Waals surface area contributed by atoms with Crippen molar-refractivity contribution in [1.82, 2.24) is 0 Å². The maximum absolute atomic E-state index is 11.3. The second-order valence-corrected chi connectivity index (χ2v) is 3.15. The Hall–Kier alpha value is -0.570. The molecule has 1 saturated carbocycles. The zero-order valence-corrected chi connectivity index (χ0v) is 6.63. The fourth-order valence-electron chi connectivity index (χ4n) is 1.76. The summed E-state index contributed by atoms with van der Waals surface area (Å²) in [7, 11) is 0. The summed E-state index contributed by atoms with van der Waals surface area (Å²) in [5, 5.41) is 0. The van der Waals surface area contributed by atoms with Crippen LogP contribution in [0.1, 0.15) is 19.8 Å². The molecule has 3 heteroatoms. The lowest BCUT2D eigenvalue weighted by molar-refractivity contribution is -0.158. The van der Waals surface area contributed by atoms with Crippen LogP contribution in [0.2, 0.25) is 0 Å². The highest BCUT2D eigenvalue weighted by molar-refractivity contribution is 5.84. The van der Waals surface area contributed by atoms with Crippen LogP contribution < -0.4 is 0 Å². The normalized spacial score (nSPS) is 39.9. The van der Waals surface area contributed by atoms with Gasteiger partial charge in [-0.15, -0.1) is 0 Å². The second kappa shape index (κ2) is 2.21. The topological polar surface area (TPSA) is 35.5 Å². The van der Waals surface area contributed by atoms with Crippen molar-refractivity contribution in [3.8, 4) is 0 Å². The van der Waals surface area contributed by atoms with E-state index in [-0.39, 0.29) is 5.97 Å². The molecule has 2 atom stereocenters. The first-order valence-electron chi connectivity index (χ1n) is 4.11. The largest absolute Gasteiger partial charge is 0.464 e. The lowest BCUT2D eigenvalue weighted by Gasteiger charge is -2.10. The standard InChI is InChI=1S/C8H12O3/c1-2-10-7(9)8-5-6(8)3-4-11-8/h6H,2-5H2,1H3. The van der Waals surface area contributed by atoms with Gasteiger partial charge in [0.05, 0.1) is 6.61 Å². The molecule has 0 aromatic carbocycles. The summed E-state index contributed by atoms with van der Waals surface area (Å²) < 4.78 is 10.3. The van der Waals surface area contributed by atoms with E-state index in [0.717, 1.165) is 19.4 Å². The Morgan fingerprint density at radius 1 is 1.82 bits per heavy atom. The zero-order valence-electron chi connectivity index (χ0n) is 6.63. The smallest absolute Gasteiger partial charge is 0.338 e.